The summed E-state index contributed by atoms with van der Waals surface area (Å²) in [5, 5.41) is 6.93. The molecule has 10 heteroatoms. The second-order valence-electron chi connectivity index (χ2n) is 5.90. The predicted molar refractivity (Wildman–Crippen MR) is 100 cm³/mol. The van der Waals surface area contributed by atoms with E-state index in [1.807, 2.05) is 0 Å². The molecule has 4 heterocycles. The quantitative estimate of drug-likeness (QED) is 0.796. The first-order valence-corrected chi connectivity index (χ1v) is 8.42. The molecule has 0 unspecified atom stereocenters. The van der Waals surface area contributed by atoms with E-state index < -0.39 is 0 Å². The molecule has 0 saturated heterocycles. The van der Waals surface area contributed by atoms with Gasteiger partial charge in [-0.1, -0.05) is 6.07 Å². The number of amides is 1. The van der Waals surface area contributed by atoms with Gasteiger partial charge in [-0.05, 0) is 19.1 Å². The van der Waals surface area contributed by atoms with Gasteiger partial charge in [0.1, 0.15) is 24.1 Å². The number of fused-ring (bicyclic) bond motifs is 1. The van der Waals surface area contributed by atoms with Crippen LogP contribution >= 0.6 is 0 Å². The minimum Gasteiger partial charge on any atom is -0.481 e. The lowest BCUT2D eigenvalue weighted by atomic mass is 10.1. The Labute approximate surface area is 160 Å². The molecule has 0 bridgehead atoms. The van der Waals surface area contributed by atoms with Crippen molar-refractivity contribution in [2.45, 2.75) is 6.92 Å². The van der Waals surface area contributed by atoms with Crippen LogP contribution in [0.3, 0.4) is 0 Å². The average molecular weight is 379 g/mol. The topological polar surface area (TPSA) is 114 Å². The highest BCUT2D eigenvalue weighted by molar-refractivity contribution is 6.25. The van der Waals surface area contributed by atoms with Gasteiger partial charge in [0.05, 0.1) is 31.3 Å². The van der Waals surface area contributed by atoms with E-state index in [4.69, 9.17) is 9.47 Å². The standard InChI is InChI=1S/C18H17N7O3/c1-11-19-7-13(8-20-11)28-12-6-14(17-24-21-10-25(17)9-12)18(26)23-15-4-3-5-16(22-15)27-2/h3-9,21H,10H2,1-2H3,(H,22,23,26). The molecule has 0 aliphatic carbocycles. The molecule has 2 aromatic rings. The summed E-state index contributed by atoms with van der Waals surface area (Å²) in [5.74, 6) is 2.46. The molecule has 2 aliphatic rings. The molecule has 10 nitrogen and oxygen atoms in total. The monoisotopic (exact) mass is 379 g/mol. The first kappa shape index (κ1) is 17.5. The summed E-state index contributed by atoms with van der Waals surface area (Å²) in [5.41, 5.74) is 3.19. The van der Waals surface area contributed by atoms with Gasteiger partial charge in [-0.15, -0.1) is 0 Å². The van der Waals surface area contributed by atoms with Gasteiger partial charge in [0.2, 0.25) is 5.88 Å². The SMILES string of the molecule is COc1cccc(NC(=O)C2=CC(Oc3cnc(C)nc3)=CN3CNN=C23)n1. The fourth-order valence-electron chi connectivity index (χ4n) is 2.62. The third-order valence-corrected chi connectivity index (χ3v) is 3.92. The molecular formula is C18H17N7O3. The van der Waals surface area contributed by atoms with Crippen LogP contribution in [0.25, 0.3) is 0 Å². The number of carbonyl (C=O) groups is 1. The molecule has 28 heavy (non-hydrogen) atoms. The lowest BCUT2D eigenvalue weighted by Gasteiger charge is -2.22. The Bertz CT molecular complexity index is 998. The van der Waals surface area contributed by atoms with E-state index in [1.165, 1.54) is 7.11 Å². The first-order chi connectivity index (χ1) is 13.6. The number of rotatable bonds is 5. The minimum atomic E-state index is -0.373. The minimum absolute atomic E-state index is 0.333. The number of allylic oxidation sites excluding steroid dienone is 1. The largest absolute Gasteiger partial charge is 0.481 e. The first-order valence-electron chi connectivity index (χ1n) is 8.42. The molecule has 0 atom stereocenters. The molecule has 0 radical (unpaired) electrons. The Morgan fingerprint density at radius 3 is 2.89 bits per heavy atom. The van der Waals surface area contributed by atoms with Crippen LogP contribution in [0.2, 0.25) is 0 Å². The summed E-state index contributed by atoms with van der Waals surface area (Å²) < 4.78 is 10.9. The number of nitrogens with zero attached hydrogens (tertiary/aromatic N) is 5. The van der Waals surface area contributed by atoms with Gasteiger partial charge < -0.3 is 19.7 Å². The molecule has 142 valence electrons. The van der Waals surface area contributed by atoms with Gasteiger partial charge in [-0.2, -0.15) is 10.1 Å². The zero-order valence-electron chi connectivity index (χ0n) is 15.2. The average Bonchev–Trinajstić information content (AvgIpc) is 3.18. The molecule has 2 N–H and O–H groups in total. The van der Waals surface area contributed by atoms with Crippen molar-refractivity contribution in [1.82, 2.24) is 25.3 Å². The highest BCUT2D eigenvalue weighted by Crippen LogP contribution is 2.22. The predicted octanol–water partition coefficient (Wildman–Crippen LogP) is 1.16. The number of aryl methyl sites for hydroxylation is 1. The summed E-state index contributed by atoms with van der Waals surface area (Å²) in [6.07, 6.45) is 6.50. The van der Waals surface area contributed by atoms with Crippen molar-refractivity contribution in [2.24, 2.45) is 5.10 Å². The number of aromatic nitrogens is 3. The van der Waals surface area contributed by atoms with Gasteiger partial charge in [0.15, 0.2) is 11.6 Å². The van der Waals surface area contributed by atoms with Gasteiger partial charge >= 0.3 is 0 Å². The van der Waals surface area contributed by atoms with Gasteiger partial charge in [0.25, 0.3) is 5.91 Å². The Kier molecular flexibility index (Phi) is 4.58. The number of anilines is 1. The van der Waals surface area contributed by atoms with Crippen LogP contribution in [0, 0.1) is 6.92 Å². The molecule has 4 rings (SSSR count). The molecule has 2 aromatic heterocycles. The maximum absolute atomic E-state index is 12.8. The Morgan fingerprint density at radius 2 is 2.11 bits per heavy atom. The number of pyridine rings is 1. The van der Waals surface area contributed by atoms with Crippen LogP contribution < -0.4 is 20.2 Å². The van der Waals surface area contributed by atoms with E-state index in [0.29, 0.717) is 47.1 Å². The number of hydrogen-bond donors (Lipinski definition) is 2. The van der Waals surface area contributed by atoms with Crippen LogP contribution in [-0.4, -0.2) is 45.4 Å². The summed E-state index contributed by atoms with van der Waals surface area (Å²) in [7, 11) is 1.51. The van der Waals surface area contributed by atoms with Crippen molar-refractivity contribution >= 4 is 17.6 Å². The fourth-order valence-corrected chi connectivity index (χ4v) is 2.62. The summed E-state index contributed by atoms with van der Waals surface area (Å²) in [6, 6.07) is 5.11. The summed E-state index contributed by atoms with van der Waals surface area (Å²) in [4.78, 5) is 27.0. The third kappa shape index (κ3) is 3.61. The van der Waals surface area contributed by atoms with Crippen LogP contribution in [0.1, 0.15) is 5.82 Å². The van der Waals surface area contributed by atoms with Crippen molar-refractivity contribution in [3.05, 3.63) is 60.0 Å². The molecule has 0 aromatic carbocycles. The van der Waals surface area contributed by atoms with E-state index in [0.717, 1.165) is 0 Å². The molecular weight excluding hydrogens is 362 g/mol. The second kappa shape index (κ2) is 7.35. The van der Waals surface area contributed by atoms with E-state index in [2.05, 4.69) is 30.8 Å². The number of methoxy groups -OCH3 is 1. The number of ether oxygens (including phenoxy) is 2. The van der Waals surface area contributed by atoms with Gasteiger partial charge in [0, 0.05) is 6.07 Å². The zero-order valence-corrected chi connectivity index (χ0v) is 15.2. The van der Waals surface area contributed by atoms with Crippen molar-refractivity contribution in [3.63, 3.8) is 0 Å². The molecule has 2 aliphatic heterocycles. The number of amidine groups is 1. The summed E-state index contributed by atoms with van der Waals surface area (Å²) >= 11 is 0. The van der Waals surface area contributed by atoms with Crippen molar-refractivity contribution < 1.29 is 14.3 Å². The number of nitrogens with one attached hydrogen (secondary N) is 2. The van der Waals surface area contributed by atoms with E-state index in [1.54, 1.807) is 54.7 Å². The summed E-state index contributed by atoms with van der Waals surface area (Å²) in [6.45, 7) is 2.21. The van der Waals surface area contributed by atoms with Crippen LogP contribution in [-0.2, 0) is 4.79 Å². The maximum Gasteiger partial charge on any atom is 0.260 e. The second-order valence-corrected chi connectivity index (χ2v) is 5.90. The van der Waals surface area contributed by atoms with E-state index >= 15 is 0 Å². The van der Waals surface area contributed by atoms with E-state index in [-0.39, 0.29) is 5.91 Å². The molecule has 0 saturated carbocycles. The number of hydrogen-bond acceptors (Lipinski definition) is 9. The van der Waals surface area contributed by atoms with Crippen LogP contribution in [0.15, 0.2) is 59.3 Å². The van der Waals surface area contributed by atoms with E-state index in [9.17, 15) is 4.79 Å². The zero-order chi connectivity index (χ0) is 19.5. The van der Waals surface area contributed by atoms with Crippen molar-refractivity contribution in [3.8, 4) is 11.6 Å². The van der Waals surface area contributed by atoms with Gasteiger partial charge in [-0.25, -0.2) is 9.97 Å². The molecule has 0 fully saturated rings. The maximum atomic E-state index is 12.8. The smallest absolute Gasteiger partial charge is 0.260 e. The van der Waals surface area contributed by atoms with Crippen LogP contribution in [0.5, 0.6) is 11.6 Å². The molecule has 1 amide bonds. The number of hydrazone groups is 1. The fraction of sp³-hybridized carbons (Fsp3) is 0.167. The Morgan fingerprint density at radius 1 is 1.29 bits per heavy atom. The number of carbonyl (C=O) groups excluding carboxylic acids is 1. The Hall–Kier alpha value is -3.95. The highest BCUT2D eigenvalue weighted by atomic mass is 16.5. The normalized spacial score (nSPS) is 14.9. The van der Waals surface area contributed by atoms with Crippen molar-refractivity contribution in [1.29, 1.82) is 0 Å². The van der Waals surface area contributed by atoms with Crippen molar-refractivity contribution in [2.75, 3.05) is 19.1 Å². The highest BCUT2D eigenvalue weighted by Gasteiger charge is 2.29. The van der Waals surface area contributed by atoms with Crippen LogP contribution in [0.4, 0.5) is 5.82 Å². The third-order valence-electron chi connectivity index (χ3n) is 3.92. The lowest BCUT2D eigenvalue weighted by Crippen LogP contribution is -2.33. The Balaban J connectivity index is 1.58. The molecule has 0 spiro atoms. The van der Waals surface area contributed by atoms with Gasteiger partial charge in [-0.3, -0.25) is 10.2 Å². The lowest BCUT2D eigenvalue weighted by molar-refractivity contribution is -0.112.